The van der Waals surface area contributed by atoms with Gasteiger partial charge in [0, 0.05) is 26.0 Å². The maximum Gasteiger partial charge on any atom is 0.154 e. The third-order valence-corrected chi connectivity index (χ3v) is 3.74. The molecular weight excluding hydrogens is 290 g/mol. The molecule has 23 heavy (non-hydrogen) atoms. The minimum Gasteiger partial charge on any atom is -0.383 e. The summed E-state index contributed by atoms with van der Waals surface area (Å²) in [5.41, 5.74) is 2.91. The summed E-state index contributed by atoms with van der Waals surface area (Å²) in [6.07, 6.45) is 3.82. The van der Waals surface area contributed by atoms with E-state index >= 15 is 0 Å². The predicted molar refractivity (Wildman–Crippen MR) is 90.4 cm³/mol. The summed E-state index contributed by atoms with van der Waals surface area (Å²) in [5.74, 6) is 1.57. The van der Waals surface area contributed by atoms with Crippen LogP contribution in [0.3, 0.4) is 0 Å². The highest BCUT2D eigenvalue weighted by Crippen LogP contribution is 2.25. The fraction of sp³-hybridized carbons (Fsp3) is 0.353. The summed E-state index contributed by atoms with van der Waals surface area (Å²) in [6, 6.07) is 7.98. The molecule has 0 amide bonds. The molecule has 0 fully saturated rings. The number of pyridine rings is 1. The molecule has 3 rings (SSSR count). The van der Waals surface area contributed by atoms with E-state index in [0.29, 0.717) is 6.61 Å². The quantitative estimate of drug-likeness (QED) is 0.758. The van der Waals surface area contributed by atoms with E-state index in [0.717, 1.165) is 34.9 Å². The van der Waals surface area contributed by atoms with Gasteiger partial charge in [-0.05, 0) is 32.0 Å². The normalized spacial score (nSPS) is 12.5. The van der Waals surface area contributed by atoms with Crippen molar-refractivity contribution in [2.45, 2.75) is 26.4 Å². The van der Waals surface area contributed by atoms with Crippen molar-refractivity contribution in [3.8, 4) is 0 Å². The van der Waals surface area contributed by atoms with Crippen molar-refractivity contribution in [2.24, 2.45) is 0 Å². The number of fused-ring (bicyclic) bond motifs is 1. The van der Waals surface area contributed by atoms with Crippen molar-refractivity contribution in [2.75, 3.05) is 19.0 Å². The average molecular weight is 311 g/mol. The fourth-order valence-corrected chi connectivity index (χ4v) is 2.61. The summed E-state index contributed by atoms with van der Waals surface area (Å²) >= 11 is 0. The molecule has 1 atom stereocenters. The number of nitrogens with one attached hydrogen (secondary N) is 1. The number of anilines is 1. The highest BCUT2D eigenvalue weighted by atomic mass is 16.5. The summed E-state index contributed by atoms with van der Waals surface area (Å²) in [7, 11) is 1.70. The van der Waals surface area contributed by atoms with Gasteiger partial charge in [-0.1, -0.05) is 6.07 Å². The van der Waals surface area contributed by atoms with Gasteiger partial charge in [-0.25, -0.2) is 9.97 Å². The van der Waals surface area contributed by atoms with E-state index in [9.17, 15) is 0 Å². The predicted octanol–water partition coefficient (Wildman–Crippen LogP) is 2.95. The molecule has 0 aliphatic rings. The molecule has 120 valence electrons. The molecule has 0 radical (unpaired) electrons. The topological polar surface area (TPSA) is 64.9 Å². The van der Waals surface area contributed by atoms with E-state index < -0.39 is 0 Å². The van der Waals surface area contributed by atoms with Crippen molar-refractivity contribution < 1.29 is 4.74 Å². The van der Waals surface area contributed by atoms with Gasteiger partial charge < -0.3 is 14.6 Å². The van der Waals surface area contributed by atoms with E-state index in [-0.39, 0.29) is 6.04 Å². The molecule has 6 heteroatoms. The molecule has 0 unspecified atom stereocenters. The van der Waals surface area contributed by atoms with Gasteiger partial charge >= 0.3 is 0 Å². The zero-order chi connectivity index (χ0) is 16.2. The molecule has 0 aliphatic carbocycles. The fourth-order valence-electron chi connectivity index (χ4n) is 2.61. The second-order valence-electron chi connectivity index (χ2n) is 5.48. The van der Waals surface area contributed by atoms with Gasteiger partial charge in [0.2, 0.25) is 0 Å². The molecule has 6 nitrogen and oxygen atoms in total. The van der Waals surface area contributed by atoms with Gasteiger partial charge in [0.1, 0.15) is 11.3 Å². The zero-order valence-electron chi connectivity index (χ0n) is 13.7. The Hall–Kier alpha value is -2.47. The third-order valence-electron chi connectivity index (χ3n) is 3.74. The molecule has 1 N–H and O–H groups in total. The van der Waals surface area contributed by atoms with Crippen molar-refractivity contribution >= 4 is 16.9 Å². The maximum absolute atomic E-state index is 5.19. The molecule has 0 saturated heterocycles. The van der Waals surface area contributed by atoms with Crippen molar-refractivity contribution in [3.63, 3.8) is 0 Å². The van der Waals surface area contributed by atoms with Crippen LogP contribution in [-0.2, 0) is 11.3 Å². The number of aromatic nitrogens is 4. The Morgan fingerprint density at radius 1 is 1.26 bits per heavy atom. The Morgan fingerprint density at radius 2 is 2.13 bits per heavy atom. The zero-order valence-corrected chi connectivity index (χ0v) is 13.7. The molecule has 3 heterocycles. The number of rotatable bonds is 6. The molecule has 0 aromatic carbocycles. The van der Waals surface area contributed by atoms with Crippen molar-refractivity contribution in [1.82, 2.24) is 19.5 Å². The Bertz CT molecular complexity index is 784. The Labute approximate surface area is 135 Å². The van der Waals surface area contributed by atoms with Crippen LogP contribution in [0.5, 0.6) is 0 Å². The van der Waals surface area contributed by atoms with Crippen LogP contribution in [0, 0.1) is 6.92 Å². The van der Waals surface area contributed by atoms with Crippen LogP contribution in [0.1, 0.15) is 24.5 Å². The summed E-state index contributed by atoms with van der Waals surface area (Å²) < 4.78 is 7.30. The van der Waals surface area contributed by atoms with Gasteiger partial charge in [0.05, 0.1) is 23.9 Å². The van der Waals surface area contributed by atoms with Crippen molar-refractivity contribution in [3.05, 3.63) is 48.2 Å². The van der Waals surface area contributed by atoms with Crippen LogP contribution < -0.4 is 5.32 Å². The lowest BCUT2D eigenvalue weighted by Gasteiger charge is -2.16. The highest BCUT2D eigenvalue weighted by molar-refractivity contribution is 5.86. The van der Waals surface area contributed by atoms with E-state index in [1.54, 1.807) is 13.3 Å². The number of hydrogen-bond acceptors (Lipinski definition) is 5. The first-order chi connectivity index (χ1) is 11.2. The molecule has 3 aromatic heterocycles. The largest absolute Gasteiger partial charge is 0.383 e. The Kier molecular flexibility index (Phi) is 4.52. The molecule has 0 aliphatic heterocycles. The first kappa shape index (κ1) is 15.4. The minimum absolute atomic E-state index is 0.0551. The SMILES string of the molecule is COCCn1ccc2nc(C)nc(N[C@H](C)c3ccccn3)c21. The van der Waals surface area contributed by atoms with E-state index in [1.165, 1.54) is 0 Å². The monoisotopic (exact) mass is 311 g/mol. The van der Waals surface area contributed by atoms with Crippen LogP contribution in [0.2, 0.25) is 0 Å². The summed E-state index contributed by atoms with van der Waals surface area (Å²) in [5, 5.41) is 3.47. The first-order valence-corrected chi connectivity index (χ1v) is 7.69. The molecule has 3 aromatic rings. The van der Waals surface area contributed by atoms with E-state index in [2.05, 4.69) is 31.8 Å². The Morgan fingerprint density at radius 3 is 2.87 bits per heavy atom. The highest BCUT2D eigenvalue weighted by Gasteiger charge is 2.14. The molecule has 0 saturated carbocycles. The van der Waals surface area contributed by atoms with Gasteiger partial charge in [0.15, 0.2) is 5.82 Å². The van der Waals surface area contributed by atoms with Crippen LogP contribution in [0.15, 0.2) is 36.7 Å². The van der Waals surface area contributed by atoms with Crippen molar-refractivity contribution in [1.29, 1.82) is 0 Å². The van der Waals surface area contributed by atoms with E-state index in [4.69, 9.17) is 4.74 Å². The van der Waals surface area contributed by atoms with Crippen LogP contribution in [0.25, 0.3) is 11.0 Å². The smallest absolute Gasteiger partial charge is 0.154 e. The molecular formula is C17H21N5O. The number of hydrogen-bond donors (Lipinski definition) is 1. The van der Waals surface area contributed by atoms with Crippen LogP contribution in [0.4, 0.5) is 5.82 Å². The van der Waals surface area contributed by atoms with E-state index in [1.807, 2.05) is 37.4 Å². The maximum atomic E-state index is 5.19. The standard InChI is InChI=1S/C17H21N5O/c1-12(14-6-4-5-8-18-14)19-17-16-15(20-13(2)21-17)7-9-22(16)10-11-23-3/h4-9,12H,10-11H2,1-3H3,(H,19,20,21)/t12-/m1/s1. The van der Waals surface area contributed by atoms with Gasteiger partial charge in [-0.15, -0.1) is 0 Å². The number of ether oxygens (including phenoxy) is 1. The molecule has 0 bridgehead atoms. The van der Waals surface area contributed by atoms with Gasteiger partial charge in [0.25, 0.3) is 0 Å². The Balaban J connectivity index is 1.96. The van der Waals surface area contributed by atoms with Gasteiger partial charge in [-0.2, -0.15) is 0 Å². The van der Waals surface area contributed by atoms with Crippen LogP contribution in [-0.4, -0.2) is 33.2 Å². The minimum atomic E-state index is 0.0551. The second kappa shape index (κ2) is 6.75. The number of nitrogens with zero attached hydrogens (tertiary/aromatic N) is 4. The first-order valence-electron chi connectivity index (χ1n) is 7.69. The second-order valence-corrected chi connectivity index (χ2v) is 5.48. The average Bonchev–Trinajstić information content (AvgIpc) is 2.96. The molecule has 0 spiro atoms. The lowest BCUT2D eigenvalue weighted by Crippen LogP contribution is -2.12. The van der Waals surface area contributed by atoms with Gasteiger partial charge in [-0.3, -0.25) is 4.98 Å². The summed E-state index contributed by atoms with van der Waals surface area (Å²) in [4.78, 5) is 13.5. The third kappa shape index (κ3) is 3.32. The lowest BCUT2D eigenvalue weighted by atomic mass is 10.2. The van der Waals surface area contributed by atoms with Crippen LogP contribution >= 0.6 is 0 Å². The number of aryl methyl sites for hydroxylation is 1. The number of methoxy groups -OCH3 is 1. The summed E-state index contributed by atoms with van der Waals surface area (Å²) in [6.45, 7) is 5.39. The lowest BCUT2D eigenvalue weighted by molar-refractivity contribution is 0.188.